The molecule has 0 radical (unpaired) electrons. The van der Waals surface area contributed by atoms with Crippen LogP contribution in [0.15, 0.2) is 28.7 Å². The fourth-order valence-electron chi connectivity index (χ4n) is 2.31. The average Bonchev–Trinajstić information content (AvgIpc) is 3.07. The third kappa shape index (κ3) is 6.14. The predicted octanol–water partition coefficient (Wildman–Crippen LogP) is 5.09. The van der Waals surface area contributed by atoms with E-state index in [9.17, 15) is 22.8 Å². The van der Waals surface area contributed by atoms with E-state index < -0.39 is 29.6 Å². The molecule has 0 unspecified atom stereocenters. The number of alkyl halides is 3. The third-order valence-corrected chi connectivity index (χ3v) is 4.06. The molecule has 0 spiro atoms. The Labute approximate surface area is 170 Å². The van der Waals surface area contributed by atoms with Crippen LogP contribution in [-0.4, -0.2) is 27.8 Å². The van der Waals surface area contributed by atoms with Gasteiger partial charge in [-0.3, -0.25) is 4.79 Å². The Kier molecular flexibility index (Phi) is 7.54. The zero-order valence-electron chi connectivity index (χ0n) is 15.7. The molecule has 29 heavy (non-hydrogen) atoms. The number of imide groups is 1. The summed E-state index contributed by atoms with van der Waals surface area (Å²) in [6.45, 7) is 3.80. The minimum absolute atomic E-state index is 0.196. The summed E-state index contributed by atoms with van der Waals surface area (Å²) in [5.41, 5.74) is -0.744. The predicted molar refractivity (Wildman–Crippen MR) is 102 cm³/mol. The molecule has 2 aromatic rings. The molecule has 0 bridgehead atoms. The summed E-state index contributed by atoms with van der Waals surface area (Å²) in [4.78, 5) is 27.8. The molecule has 158 valence electrons. The van der Waals surface area contributed by atoms with E-state index >= 15 is 0 Å². The van der Waals surface area contributed by atoms with Crippen LogP contribution in [0.25, 0.3) is 0 Å². The number of thiol groups is 1. The van der Waals surface area contributed by atoms with Crippen LogP contribution < -0.4 is 10.1 Å². The monoisotopic (exact) mass is 431 g/mol. The van der Waals surface area contributed by atoms with Crippen molar-refractivity contribution >= 4 is 30.4 Å². The number of unbranched alkanes of at least 4 members (excludes halogenated alkanes) is 2. The minimum Gasteiger partial charge on any atom is -0.494 e. The highest BCUT2D eigenvalue weighted by molar-refractivity contribution is 7.79. The number of amides is 3. The summed E-state index contributed by atoms with van der Waals surface area (Å²) in [5, 5.41) is 2.36. The molecular formula is C18H20F3N3O4S. The van der Waals surface area contributed by atoms with E-state index in [4.69, 9.17) is 4.74 Å². The molecule has 0 fully saturated rings. The molecule has 0 aliphatic carbocycles. The number of benzene rings is 1. The Morgan fingerprint density at radius 1 is 1.24 bits per heavy atom. The lowest BCUT2D eigenvalue weighted by Crippen LogP contribution is -2.33. The number of oxazole rings is 1. The van der Waals surface area contributed by atoms with Crippen LogP contribution in [0.1, 0.15) is 48.3 Å². The maximum absolute atomic E-state index is 13.0. The zero-order valence-corrected chi connectivity index (χ0v) is 16.6. The zero-order chi connectivity index (χ0) is 21.6. The normalized spacial score (nSPS) is 11.2. The Bertz CT molecular complexity index is 853. The van der Waals surface area contributed by atoms with Crippen LogP contribution in [0.2, 0.25) is 0 Å². The SMILES string of the molecule is CCCCCOc1ccc(NC(=O)N(S)C(=O)c2nc(C)oc2C(F)(F)F)cc1. The Balaban J connectivity index is 2.01. The van der Waals surface area contributed by atoms with Gasteiger partial charge in [0.2, 0.25) is 5.76 Å². The van der Waals surface area contributed by atoms with Gasteiger partial charge in [0, 0.05) is 12.6 Å². The van der Waals surface area contributed by atoms with Crippen molar-refractivity contribution in [3.8, 4) is 5.75 Å². The number of urea groups is 1. The molecule has 0 aliphatic rings. The van der Waals surface area contributed by atoms with E-state index in [2.05, 4.69) is 34.5 Å². The highest BCUT2D eigenvalue weighted by Crippen LogP contribution is 2.33. The van der Waals surface area contributed by atoms with Crippen LogP contribution in [0, 0.1) is 6.92 Å². The van der Waals surface area contributed by atoms with E-state index in [1.54, 1.807) is 12.1 Å². The maximum Gasteiger partial charge on any atom is 0.452 e. The molecular weight excluding hydrogens is 411 g/mol. The molecule has 0 atom stereocenters. The van der Waals surface area contributed by atoms with Gasteiger partial charge < -0.3 is 14.5 Å². The number of hydrogen-bond donors (Lipinski definition) is 2. The first-order chi connectivity index (χ1) is 13.6. The lowest BCUT2D eigenvalue weighted by molar-refractivity contribution is -0.153. The topological polar surface area (TPSA) is 84.7 Å². The van der Waals surface area contributed by atoms with Crippen molar-refractivity contribution in [2.45, 2.75) is 39.3 Å². The lowest BCUT2D eigenvalue weighted by Gasteiger charge is -2.15. The van der Waals surface area contributed by atoms with Gasteiger partial charge in [-0.2, -0.15) is 13.2 Å². The van der Waals surface area contributed by atoms with E-state index in [0.29, 0.717) is 18.0 Å². The van der Waals surface area contributed by atoms with Gasteiger partial charge in [-0.05, 0) is 30.7 Å². The molecule has 1 heterocycles. The quantitative estimate of drug-likeness (QED) is 0.471. The number of carbonyl (C=O) groups is 2. The Morgan fingerprint density at radius 3 is 2.48 bits per heavy atom. The molecule has 3 amide bonds. The second-order valence-corrected chi connectivity index (χ2v) is 6.44. The van der Waals surface area contributed by atoms with E-state index in [1.165, 1.54) is 12.1 Å². The average molecular weight is 431 g/mol. The highest BCUT2D eigenvalue weighted by atomic mass is 32.1. The minimum atomic E-state index is -4.94. The summed E-state index contributed by atoms with van der Waals surface area (Å²) >= 11 is 3.70. The van der Waals surface area contributed by atoms with Gasteiger partial charge in [0.25, 0.3) is 5.91 Å². The van der Waals surface area contributed by atoms with Gasteiger partial charge in [0.05, 0.1) is 6.61 Å². The third-order valence-electron chi connectivity index (χ3n) is 3.70. The van der Waals surface area contributed by atoms with Gasteiger partial charge in [-0.1, -0.05) is 32.6 Å². The van der Waals surface area contributed by atoms with Crippen molar-refractivity contribution in [2.24, 2.45) is 0 Å². The molecule has 0 aliphatic heterocycles. The van der Waals surface area contributed by atoms with Gasteiger partial charge >= 0.3 is 12.2 Å². The van der Waals surface area contributed by atoms with Crippen molar-refractivity contribution in [2.75, 3.05) is 11.9 Å². The van der Waals surface area contributed by atoms with Crippen LogP contribution >= 0.6 is 12.8 Å². The van der Waals surface area contributed by atoms with Crippen molar-refractivity contribution in [1.82, 2.24) is 9.29 Å². The Morgan fingerprint density at radius 2 is 1.90 bits per heavy atom. The number of ether oxygens (including phenoxy) is 1. The van der Waals surface area contributed by atoms with Crippen molar-refractivity contribution in [1.29, 1.82) is 0 Å². The smallest absolute Gasteiger partial charge is 0.452 e. The number of carbonyl (C=O) groups excluding carboxylic acids is 2. The lowest BCUT2D eigenvalue weighted by atomic mass is 10.2. The number of aryl methyl sites for hydroxylation is 1. The molecule has 0 saturated carbocycles. The first-order valence-electron chi connectivity index (χ1n) is 8.75. The van der Waals surface area contributed by atoms with Crippen LogP contribution in [0.5, 0.6) is 5.75 Å². The van der Waals surface area contributed by atoms with Gasteiger partial charge in [-0.25, -0.2) is 14.1 Å². The van der Waals surface area contributed by atoms with E-state index in [1.807, 2.05) is 0 Å². The number of aromatic nitrogens is 1. The molecule has 1 aromatic heterocycles. The number of nitrogens with zero attached hydrogens (tertiary/aromatic N) is 2. The first-order valence-corrected chi connectivity index (χ1v) is 9.15. The van der Waals surface area contributed by atoms with Crippen molar-refractivity contribution in [3.05, 3.63) is 41.6 Å². The number of rotatable bonds is 7. The summed E-state index contributed by atoms with van der Waals surface area (Å²) in [5.74, 6) is -2.72. The molecule has 2 rings (SSSR count). The van der Waals surface area contributed by atoms with Crippen LogP contribution in [-0.2, 0) is 6.18 Å². The molecule has 1 aromatic carbocycles. The summed E-state index contributed by atoms with van der Waals surface area (Å²) in [6, 6.07) is 5.24. The summed E-state index contributed by atoms with van der Waals surface area (Å²) in [6.07, 6.45) is -1.88. The standard InChI is InChI=1S/C18H20F3N3O4S/c1-3-4-5-10-27-13-8-6-12(7-9-13)23-17(26)24(29)16(25)14-15(18(19,20)21)28-11(2)22-14/h6-9,29H,3-5,10H2,1-2H3,(H,23,26). The van der Waals surface area contributed by atoms with Gasteiger partial charge in [0.1, 0.15) is 5.75 Å². The van der Waals surface area contributed by atoms with Crippen LogP contribution in [0.4, 0.5) is 23.7 Å². The van der Waals surface area contributed by atoms with Gasteiger partial charge in [0.15, 0.2) is 11.6 Å². The van der Waals surface area contributed by atoms with Gasteiger partial charge in [-0.15, -0.1) is 0 Å². The molecule has 11 heteroatoms. The van der Waals surface area contributed by atoms with Crippen molar-refractivity contribution in [3.63, 3.8) is 0 Å². The number of anilines is 1. The van der Waals surface area contributed by atoms with E-state index in [-0.39, 0.29) is 10.2 Å². The first kappa shape index (κ1) is 22.6. The number of nitrogens with one attached hydrogen (secondary N) is 1. The fourth-order valence-corrected chi connectivity index (χ4v) is 2.45. The summed E-state index contributed by atoms with van der Waals surface area (Å²) in [7, 11) is 0. The number of hydrogen-bond acceptors (Lipinski definition) is 6. The van der Waals surface area contributed by atoms with Crippen LogP contribution in [0.3, 0.4) is 0 Å². The summed E-state index contributed by atoms with van der Waals surface area (Å²) < 4.78 is 49.1. The van der Waals surface area contributed by atoms with E-state index in [0.717, 1.165) is 26.2 Å². The van der Waals surface area contributed by atoms with Crippen molar-refractivity contribution < 1.29 is 31.9 Å². The fraction of sp³-hybridized carbons (Fsp3) is 0.389. The Hall–Kier alpha value is -2.69. The largest absolute Gasteiger partial charge is 0.494 e. The molecule has 0 saturated heterocycles. The maximum atomic E-state index is 13.0. The second-order valence-electron chi connectivity index (χ2n) is 6.04. The molecule has 7 nitrogen and oxygen atoms in total. The molecule has 1 N–H and O–H groups in total. The number of halogens is 3. The second kappa shape index (κ2) is 9.68. The highest BCUT2D eigenvalue weighted by Gasteiger charge is 2.42.